The van der Waals surface area contributed by atoms with Crippen molar-refractivity contribution < 1.29 is 9.63 Å². The van der Waals surface area contributed by atoms with E-state index in [0.29, 0.717) is 5.69 Å². The third kappa shape index (κ3) is 1.01. The first-order valence-corrected chi connectivity index (χ1v) is 2.78. The van der Waals surface area contributed by atoms with Gasteiger partial charge in [0.2, 0.25) is 0 Å². The lowest BCUT2D eigenvalue weighted by atomic mass is 10.4. The van der Waals surface area contributed by atoms with Crippen molar-refractivity contribution in [3.63, 3.8) is 0 Å². The zero-order chi connectivity index (χ0) is 7.56. The van der Waals surface area contributed by atoms with Gasteiger partial charge >= 0.3 is 5.97 Å². The van der Waals surface area contributed by atoms with Gasteiger partial charge in [0.1, 0.15) is 5.69 Å². The first-order valence-electron chi connectivity index (χ1n) is 2.78. The fourth-order valence-corrected chi connectivity index (χ4v) is 0.734. The molecule has 0 unspecified atom stereocenters. The van der Waals surface area contributed by atoms with Gasteiger partial charge in [0.15, 0.2) is 0 Å². The first kappa shape index (κ1) is 6.82. The van der Waals surface area contributed by atoms with Crippen LogP contribution in [0.3, 0.4) is 0 Å². The van der Waals surface area contributed by atoms with Crippen LogP contribution < -0.4 is 5.90 Å². The monoisotopic (exact) mass is 140 g/mol. The molecule has 0 aliphatic rings. The number of rotatable bonds is 1. The fraction of sp³-hybridized carbons (Fsp3) is 0.167. The molecule has 1 aromatic heterocycles. The molecule has 0 aliphatic carbocycles. The van der Waals surface area contributed by atoms with Crippen molar-refractivity contribution in [2.75, 3.05) is 0 Å². The fourth-order valence-electron chi connectivity index (χ4n) is 0.734. The summed E-state index contributed by atoms with van der Waals surface area (Å²) < 4.78 is 1.63. The van der Waals surface area contributed by atoms with E-state index in [9.17, 15) is 4.79 Å². The highest BCUT2D eigenvalue weighted by molar-refractivity contribution is 5.87. The highest BCUT2D eigenvalue weighted by atomic mass is 16.7. The van der Waals surface area contributed by atoms with E-state index in [4.69, 9.17) is 0 Å². The van der Waals surface area contributed by atoms with Gasteiger partial charge in [-0.2, -0.15) is 5.90 Å². The Hall–Kier alpha value is -1.29. The zero-order valence-electron chi connectivity index (χ0n) is 5.57. The summed E-state index contributed by atoms with van der Waals surface area (Å²) in [5.41, 5.74) is 0.447. The summed E-state index contributed by atoms with van der Waals surface area (Å²) in [4.78, 5) is 14.7. The largest absolute Gasteiger partial charge is 0.373 e. The van der Waals surface area contributed by atoms with Gasteiger partial charge in [-0.25, -0.2) is 4.79 Å². The van der Waals surface area contributed by atoms with E-state index in [0.717, 1.165) is 0 Å². The van der Waals surface area contributed by atoms with Crippen LogP contribution in [-0.4, -0.2) is 10.5 Å². The van der Waals surface area contributed by atoms with Gasteiger partial charge in [-0.3, -0.25) is 0 Å². The van der Waals surface area contributed by atoms with Crippen LogP contribution in [0.25, 0.3) is 0 Å². The Morgan fingerprint density at radius 1 is 1.80 bits per heavy atom. The Balaban J connectivity index is 2.93. The van der Waals surface area contributed by atoms with E-state index < -0.39 is 5.97 Å². The molecule has 0 amide bonds. The van der Waals surface area contributed by atoms with Crippen molar-refractivity contribution in [3.05, 3.63) is 24.0 Å². The van der Waals surface area contributed by atoms with Crippen LogP contribution in [0.1, 0.15) is 10.5 Å². The average Bonchev–Trinajstić information content (AvgIpc) is 2.34. The Morgan fingerprint density at radius 3 is 2.90 bits per heavy atom. The Labute approximate surface area is 58.1 Å². The number of nitrogens with zero attached hydrogens (tertiary/aromatic N) is 1. The van der Waals surface area contributed by atoms with Crippen LogP contribution in [0.2, 0.25) is 0 Å². The molecule has 4 heteroatoms. The minimum absolute atomic E-state index is 0.447. The molecule has 10 heavy (non-hydrogen) atoms. The van der Waals surface area contributed by atoms with Gasteiger partial charge < -0.3 is 9.40 Å². The molecule has 0 aromatic carbocycles. The molecule has 54 valence electrons. The molecular formula is C6H8N2O2. The first-order chi connectivity index (χ1) is 4.75. The quantitative estimate of drug-likeness (QED) is 0.561. The summed E-state index contributed by atoms with van der Waals surface area (Å²) in [5, 5.41) is 0. The summed E-state index contributed by atoms with van der Waals surface area (Å²) in [6.07, 6.45) is 1.74. The smallest absolute Gasteiger partial charge is 0.369 e. The summed E-state index contributed by atoms with van der Waals surface area (Å²) >= 11 is 0. The molecule has 1 aromatic rings. The third-order valence-electron chi connectivity index (χ3n) is 1.26. The Bertz CT molecular complexity index is 242. The number of aryl methyl sites for hydroxylation is 1. The SMILES string of the molecule is Cn1cccc1C(=O)ON. The average molecular weight is 140 g/mol. The Kier molecular flexibility index (Phi) is 1.73. The summed E-state index contributed by atoms with van der Waals surface area (Å²) in [6, 6.07) is 3.38. The maximum atomic E-state index is 10.7. The summed E-state index contributed by atoms with van der Waals surface area (Å²) in [5.74, 6) is 4.15. The van der Waals surface area contributed by atoms with E-state index in [1.807, 2.05) is 0 Å². The molecular weight excluding hydrogens is 132 g/mol. The molecule has 1 rings (SSSR count). The molecule has 0 aliphatic heterocycles. The van der Waals surface area contributed by atoms with Crippen molar-refractivity contribution in [1.82, 2.24) is 4.57 Å². The number of carbonyl (C=O) groups is 1. The topological polar surface area (TPSA) is 57.2 Å². The van der Waals surface area contributed by atoms with E-state index in [1.165, 1.54) is 0 Å². The van der Waals surface area contributed by atoms with Gasteiger partial charge in [0.05, 0.1) is 0 Å². The number of hydrogen-bond donors (Lipinski definition) is 1. The second-order valence-corrected chi connectivity index (χ2v) is 1.91. The second-order valence-electron chi connectivity index (χ2n) is 1.91. The molecule has 4 nitrogen and oxygen atoms in total. The maximum absolute atomic E-state index is 10.7. The number of hydrogen-bond acceptors (Lipinski definition) is 3. The van der Waals surface area contributed by atoms with E-state index in [2.05, 4.69) is 10.7 Å². The van der Waals surface area contributed by atoms with Crippen LogP contribution in [0, 0.1) is 0 Å². The molecule has 0 fully saturated rings. The van der Waals surface area contributed by atoms with Crippen molar-refractivity contribution in [2.24, 2.45) is 12.9 Å². The van der Waals surface area contributed by atoms with Crippen molar-refractivity contribution in [3.8, 4) is 0 Å². The highest BCUT2D eigenvalue weighted by Gasteiger charge is 2.07. The molecule has 0 radical (unpaired) electrons. The van der Waals surface area contributed by atoms with Gasteiger partial charge in [-0.05, 0) is 12.1 Å². The molecule has 2 N–H and O–H groups in total. The predicted octanol–water partition coefficient (Wildman–Crippen LogP) is 0.0556. The van der Waals surface area contributed by atoms with Crippen molar-refractivity contribution in [1.29, 1.82) is 0 Å². The number of aromatic nitrogens is 1. The van der Waals surface area contributed by atoms with Crippen molar-refractivity contribution in [2.45, 2.75) is 0 Å². The summed E-state index contributed by atoms with van der Waals surface area (Å²) in [6.45, 7) is 0. The summed E-state index contributed by atoms with van der Waals surface area (Å²) in [7, 11) is 1.74. The molecule has 0 spiro atoms. The minimum atomic E-state index is -0.521. The highest BCUT2D eigenvalue weighted by Crippen LogP contribution is 1.99. The standard InChI is InChI=1S/C6H8N2O2/c1-8-4-2-3-5(8)6(9)10-7/h2-4H,7H2,1H3. The number of nitrogens with two attached hydrogens (primary N) is 1. The third-order valence-corrected chi connectivity index (χ3v) is 1.26. The predicted molar refractivity (Wildman–Crippen MR) is 35.0 cm³/mol. The van der Waals surface area contributed by atoms with Crippen LogP contribution in [-0.2, 0) is 11.9 Å². The van der Waals surface area contributed by atoms with Crippen LogP contribution in [0.15, 0.2) is 18.3 Å². The lowest BCUT2D eigenvalue weighted by Crippen LogP contribution is -2.13. The molecule has 0 saturated heterocycles. The van der Waals surface area contributed by atoms with Crippen LogP contribution in [0.4, 0.5) is 0 Å². The van der Waals surface area contributed by atoms with Gasteiger partial charge in [0.25, 0.3) is 0 Å². The normalized spacial score (nSPS) is 9.40. The molecule has 0 bridgehead atoms. The van der Waals surface area contributed by atoms with Gasteiger partial charge in [-0.1, -0.05) is 0 Å². The van der Waals surface area contributed by atoms with Crippen LogP contribution >= 0.6 is 0 Å². The molecule has 0 atom stereocenters. The lowest BCUT2D eigenvalue weighted by molar-refractivity contribution is 0.0492. The lowest BCUT2D eigenvalue weighted by Gasteiger charge is -1.97. The van der Waals surface area contributed by atoms with E-state index >= 15 is 0 Å². The molecule has 0 saturated carbocycles. The Morgan fingerprint density at radius 2 is 2.50 bits per heavy atom. The van der Waals surface area contributed by atoms with Gasteiger partial charge in [0, 0.05) is 13.2 Å². The second kappa shape index (κ2) is 2.53. The molecule has 1 heterocycles. The maximum Gasteiger partial charge on any atom is 0.373 e. The van der Waals surface area contributed by atoms with E-state index in [1.54, 1.807) is 29.9 Å². The minimum Gasteiger partial charge on any atom is -0.369 e. The van der Waals surface area contributed by atoms with Gasteiger partial charge in [-0.15, -0.1) is 0 Å². The van der Waals surface area contributed by atoms with Crippen molar-refractivity contribution >= 4 is 5.97 Å². The van der Waals surface area contributed by atoms with Crippen LogP contribution in [0.5, 0.6) is 0 Å². The number of carbonyl (C=O) groups excluding carboxylic acids is 1. The zero-order valence-corrected chi connectivity index (χ0v) is 5.57. The van der Waals surface area contributed by atoms with E-state index in [-0.39, 0.29) is 0 Å².